The van der Waals surface area contributed by atoms with Crippen LogP contribution in [0.2, 0.25) is 15.1 Å². The zero-order chi connectivity index (χ0) is 21.9. The van der Waals surface area contributed by atoms with Gasteiger partial charge in [0.05, 0.1) is 31.8 Å². The number of hydrogen-bond donors (Lipinski definition) is 0. The second-order valence-corrected chi connectivity index (χ2v) is 9.05. The van der Waals surface area contributed by atoms with Gasteiger partial charge in [-0.2, -0.15) is 0 Å². The van der Waals surface area contributed by atoms with Gasteiger partial charge in [0.2, 0.25) is 0 Å². The van der Waals surface area contributed by atoms with Crippen LogP contribution in [0.15, 0.2) is 41.3 Å². The van der Waals surface area contributed by atoms with Crippen LogP contribution in [0.5, 0.6) is 0 Å². The number of benzene rings is 2. The Morgan fingerprint density at radius 3 is 2.31 bits per heavy atom. The molecule has 0 saturated carbocycles. The van der Waals surface area contributed by atoms with Crippen molar-refractivity contribution in [2.75, 3.05) is 10.8 Å². The summed E-state index contributed by atoms with van der Waals surface area (Å²) in [4.78, 5) is 22.1. The lowest BCUT2D eigenvalue weighted by molar-refractivity contribution is -0.387. The number of nitrogens with zero attached hydrogens (tertiary/aromatic N) is 2. The minimum absolute atomic E-state index is 0.0222. The van der Waals surface area contributed by atoms with Crippen molar-refractivity contribution in [1.82, 2.24) is 0 Å². The van der Waals surface area contributed by atoms with E-state index in [2.05, 4.69) is 0 Å². The number of esters is 1. The number of nitro groups is 1. The first-order chi connectivity index (χ1) is 13.4. The van der Waals surface area contributed by atoms with E-state index in [1.165, 1.54) is 18.2 Å². The van der Waals surface area contributed by atoms with Gasteiger partial charge < -0.3 is 4.74 Å². The molecule has 2 aromatic rings. The SMILES string of the molecule is CC(C)OC(=O)CN(c1cc(Cl)c(Cl)cc1Cl)S(=O)(=O)c1ccccc1[N+](=O)[O-]. The Hall–Kier alpha value is -2.07. The fraction of sp³-hybridized carbons (Fsp3) is 0.235. The zero-order valence-electron chi connectivity index (χ0n) is 15.1. The average molecular weight is 482 g/mol. The van der Waals surface area contributed by atoms with E-state index in [1.54, 1.807) is 13.8 Å². The molecule has 0 fully saturated rings. The molecule has 0 amide bonds. The van der Waals surface area contributed by atoms with E-state index in [9.17, 15) is 23.3 Å². The van der Waals surface area contributed by atoms with Gasteiger partial charge in [0, 0.05) is 6.07 Å². The molecule has 0 N–H and O–H groups in total. The molecule has 156 valence electrons. The maximum Gasteiger partial charge on any atom is 0.327 e. The summed E-state index contributed by atoms with van der Waals surface area (Å²) >= 11 is 18.0. The lowest BCUT2D eigenvalue weighted by atomic mass is 10.3. The van der Waals surface area contributed by atoms with Crippen LogP contribution < -0.4 is 4.31 Å². The molecule has 0 aromatic heterocycles. The van der Waals surface area contributed by atoms with Gasteiger partial charge in [0.25, 0.3) is 15.7 Å². The number of rotatable bonds is 7. The number of carbonyl (C=O) groups is 1. The van der Waals surface area contributed by atoms with E-state index < -0.39 is 44.1 Å². The summed E-state index contributed by atoms with van der Waals surface area (Å²) in [5.74, 6) is -0.885. The summed E-state index contributed by atoms with van der Waals surface area (Å²) in [6, 6.07) is 7.09. The Balaban J connectivity index is 2.69. The Morgan fingerprint density at radius 1 is 1.14 bits per heavy atom. The van der Waals surface area contributed by atoms with Gasteiger partial charge in [0.15, 0.2) is 4.90 Å². The third-order valence-electron chi connectivity index (χ3n) is 3.53. The molecule has 0 radical (unpaired) electrons. The van der Waals surface area contributed by atoms with Crippen LogP contribution in [0.4, 0.5) is 11.4 Å². The molecule has 0 spiro atoms. The summed E-state index contributed by atoms with van der Waals surface area (Å²) in [6.45, 7) is 2.39. The van der Waals surface area contributed by atoms with Gasteiger partial charge in [-0.05, 0) is 32.0 Å². The highest BCUT2D eigenvalue weighted by molar-refractivity contribution is 7.93. The van der Waals surface area contributed by atoms with Crippen LogP contribution in [0.1, 0.15) is 13.8 Å². The van der Waals surface area contributed by atoms with E-state index in [0.717, 1.165) is 18.2 Å². The molecule has 0 saturated heterocycles. The lowest BCUT2D eigenvalue weighted by Gasteiger charge is -2.25. The van der Waals surface area contributed by atoms with Crippen LogP contribution in [0.3, 0.4) is 0 Å². The predicted molar refractivity (Wildman–Crippen MR) is 110 cm³/mol. The minimum atomic E-state index is -4.61. The van der Waals surface area contributed by atoms with Crippen molar-refractivity contribution in [1.29, 1.82) is 0 Å². The average Bonchev–Trinajstić information content (AvgIpc) is 2.62. The molecular weight excluding hydrogens is 467 g/mol. The fourth-order valence-corrected chi connectivity index (χ4v) is 4.64. The molecule has 2 rings (SSSR count). The standard InChI is InChI=1S/C17H15Cl3N2O6S/c1-10(2)28-17(23)9-21(15-8-12(19)11(18)7-13(15)20)29(26,27)16-6-4-3-5-14(16)22(24)25/h3-8,10H,9H2,1-2H3. The molecule has 29 heavy (non-hydrogen) atoms. The first kappa shape index (κ1) is 23.2. The molecular formula is C17H15Cl3N2O6S. The van der Waals surface area contributed by atoms with Crippen molar-refractivity contribution in [2.45, 2.75) is 24.8 Å². The van der Waals surface area contributed by atoms with Gasteiger partial charge in [0.1, 0.15) is 6.54 Å². The summed E-state index contributed by atoms with van der Waals surface area (Å²) in [7, 11) is -4.61. The van der Waals surface area contributed by atoms with Crippen LogP contribution in [0.25, 0.3) is 0 Å². The highest BCUT2D eigenvalue weighted by Crippen LogP contribution is 2.38. The van der Waals surface area contributed by atoms with Crippen LogP contribution in [-0.4, -0.2) is 32.0 Å². The smallest absolute Gasteiger partial charge is 0.327 e. The minimum Gasteiger partial charge on any atom is -0.462 e. The fourth-order valence-electron chi connectivity index (χ4n) is 2.37. The van der Waals surface area contributed by atoms with Crippen LogP contribution in [0, 0.1) is 10.1 Å². The zero-order valence-corrected chi connectivity index (χ0v) is 18.2. The summed E-state index contributed by atoms with van der Waals surface area (Å²) < 4.78 is 32.2. The molecule has 8 nitrogen and oxygen atoms in total. The maximum absolute atomic E-state index is 13.3. The maximum atomic E-state index is 13.3. The van der Waals surface area contributed by atoms with Crippen molar-refractivity contribution >= 4 is 62.2 Å². The van der Waals surface area contributed by atoms with Crippen LogP contribution in [-0.2, 0) is 19.6 Å². The number of halogens is 3. The van der Waals surface area contributed by atoms with Crippen molar-refractivity contribution < 1.29 is 22.9 Å². The molecule has 0 unspecified atom stereocenters. The second kappa shape index (κ2) is 9.17. The molecule has 0 aliphatic carbocycles. The van der Waals surface area contributed by atoms with E-state index >= 15 is 0 Å². The molecule has 0 aliphatic heterocycles. The third-order valence-corrected chi connectivity index (χ3v) is 6.36. The quantitative estimate of drug-likeness (QED) is 0.245. The van der Waals surface area contributed by atoms with E-state index in [0.29, 0.717) is 4.31 Å². The van der Waals surface area contributed by atoms with Crippen molar-refractivity contribution in [3.05, 3.63) is 61.6 Å². The Labute approximate surface area is 182 Å². The molecule has 2 aromatic carbocycles. The first-order valence-electron chi connectivity index (χ1n) is 8.05. The number of para-hydroxylation sites is 1. The van der Waals surface area contributed by atoms with Gasteiger partial charge in [-0.3, -0.25) is 19.2 Å². The first-order valence-corrected chi connectivity index (χ1v) is 10.6. The second-order valence-electron chi connectivity index (χ2n) is 5.99. The summed E-state index contributed by atoms with van der Waals surface area (Å²) in [5, 5.41) is 11.2. The Morgan fingerprint density at radius 2 is 1.72 bits per heavy atom. The third kappa shape index (κ3) is 5.30. The van der Waals surface area contributed by atoms with Crippen molar-refractivity contribution in [3.63, 3.8) is 0 Å². The number of ether oxygens (including phenoxy) is 1. The lowest BCUT2D eigenvalue weighted by Crippen LogP contribution is -2.37. The van der Waals surface area contributed by atoms with Gasteiger partial charge in [-0.25, -0.2) is 8.42 Å². The topological polar surface area (TPSA) is 107 Å². The highest BCUT2D eigenvalue weighted by Gasteiger charge is 2.35. The van der Waals surface area contributed by atoms with Gasteiger partial charge >= 0.3 is 5.97 Å². The predicted octanol–water partition coefficient (Wildman–Crippen LogP) is 4.70. The number of anilines is 1. The summed E-state index contributed by atoms with van der Waals surface area (Å²) in [5.41, 5.74) is -0.842. The van der Waals surface area contributed by atoms with Crippen molar-refractivity contribution in [2.24, 2.45) is 0 Å². The largest absolute Gasteiger partial charge is 0.462 e. The van der Waals surface area contributed by atoms with Crippen LogP contribution >= 0.6 is 34.8 Å². The van der Waals surface area contributed by atoms with E-state index in [1.807, 2.05) is 0 Å². The monoisotopic (exact) mass is 480 g/mol. The Kier molecular flexibility index (Phi) is 7.34. The molecule has 12 heteroatoms. The number of sulfonamides is 1. The molecule has 0 aliphatic rings. The highest BCUT2D eigenvalue weighted by atomic mass is 35.5. The van der Waals surface area contributed by atoms with Gasteiger partial charge in [-0.1, -0.05) is 46.9 Å². The Bertz CT molecular complexity index is 1060. The van der Waals surface area contributed by atoms with E-state index in [-0.39, 0.29) is 20.8 Å². The number of carbonyl (C=O) groups excluding carboxylic acids is 1. The van der Waals surface area contributed by atoms with Gasteiger partial charge in [-0.15, -0.1) is 0 Å². The van der Waals surface area contributed by atoms with Crippen molar-refractivity contribution in [3.8, 4) is 0 Å². The van der Waals surface area contributed by atoms with E-state index in [4.69, 9.17) is 39.5 Å². The summed E-state index contributed by atoms with van der Waals surface area (Å²) in [6.07, 6.45) is -0.512. The molecule has 0 bridgehead atoms. The number of nitro benzene ring substituents is 1. The molecule has 0 atom stereocenters. The molecule has 0 heterocycles. The normalized spacial score (nSPS) is 11.4. The number of hydrogen-bond acceptors (Lipinski definition) is 6.